The number of carbonyl (C=O) groups excluding carboxylic acids is 1. The molecule has 1 rings (SSSR count). The Hall–Kier alpha value is -0.570. The van der Waals surface area contributed by atoms with E-state index in [0.29, 0.717) is 6.04 Å². The quantitative estimate of drug-likeness (QED) is 0.774. The van der Waals surface area contributed by atoms with Gasteiger partial charge in [-0.1, -0.05) is 26.2 Å². The van der Waals surface area contributed by atoms with E-state index in [9.17, 15) is 4.79 Å². The highest BCUT2D eigenvalue weighted by atomic mass is 16.2. The Morgan fingerprint density at radius 3 is 2.47 bits per heavy atom. The zero-order chi connectivity index (χ0) is 12.7. The normalized spacial score (nSPS) is 19.0. The predicted molar refractivity (Wildman–Crippen MR) is 72.0 cm³/mol. The Balaban J connectivity index is 2.49. The number of amides is 1. The van der Waals surface area contributed by atoms with E-state index in [1.165, 1.54) is 32.1 Å². The fourth-order valence-electron chi connectivity index (χ4n) is 2.68. The van der Waals surface area contributed by atoms with Gasteiger partial charge in [0, 0.05) is 12.6 Å². The van der Waals surface area contributed by atoms with Gasteiger partial charge in [0.05, 0.1) is 6.04 Å². The smallest absolute Gasteiger partial charge is 0.239 e. The summed E-state index contributed by atoms with van der Waals surface area (Å²) in [6, 6.07) is 0.462. The molecule has 17 heavy (non-hydrogen) atoms. The number of likely N-dealkylation sites (N-methyl/N-ethyl adjacent to an activating group) is 1. The first-order chi connectivity index (χ1) is 8.20. The molecule has 100 valence electrons. The molecule has 3 heteroatoms. The van der Waals surface area contributed by atoms with Gasteiger partial charge in [-0.15, -0.1) is 0 Å². The highest BCUT2D eigenvalue weighted by molar-refractivity contribution is 5.81. The van der Waals surface area contributed by atoms with Crippen LogP contribution in [-0.2, 0) is 4.79 Å². The predicted octanol–water partition coefficient (Wildman–Crippen LogP) is 2.56. The minimum Gasteiger partial charge on any atom is -0.339 e. The first-order valence-corrected chi connectivity index (χ1v) is 7.24. The lowest BCUT2D eigenvalue weighted by atomic mass is 9.94. The Morgan fingerprint density at radius 1 is 1.29 bits per heavy atom. The summed E-state index contributed by atoms with van der Waals surface area (Å²) in [7, 11) is 0. The van der Waals surface area contributed by atoms with Crippen LogP contribution in [0, 0.1) is 0 Å². The standard InChI is InChI=1S/C14H28N2O/c1-4-11-15-12(3)14(17)16(5-2)13-9-7-6-8-10-13/h12-13,15H,4-11H2,1-3H3. The third-order valence-electron chi connectivity index (χ3n) is 3.71. The molecule has 0 aliphatic heterocycles. The molecule has 0 radical (unpaired) electrons. The Kier molecular flexibility index (Phi) is 6.56. The van der Waals surface area contributed by atoms with Crippen LogP contribution in [0.5, 0.6) is 0 Å². The van der Waals surface area contributed by atoms with Crippen molar-refractivity contribution >= 4 is 5.91 Å². The zero-order valence-corrected chi connectivity index (χ0v) is 11.7. The van der Waals surface area contributed by atoms with Crippen LogP contribution in [0.25, 0.3) is 0 Å². The van der Waals surface area contributed by atoms with Crippen LogP contribution in [0.2, 0.25) is 0 Å². The summed E-state index contributed by atoms with van der Waals surface area (Å²) in [5.74, 6) is 0.285. The molecular formula is C14H28N2O. The van der Waals surface area contributed by atoms with Crippen LogP contribution in [-0.4, -0.2) is 36.0 Å². The summed E-state index contributed by atoms with van der Waals surface area (Å²) >= 11 is 0. The van der Waals surface area contributed by atoms with Crippen molar-refractivity contribution in [1.29, 1.82) is 0 Å². The lowest BCUT2D eigenvalue weighted by molar-refractivity contribution is -0.135. The van der Waals surface area contributed by atoms with Gasteiger partial charge < -0.3 is 10.2 Å². The summed E-state index contributed by atoms with van der Waals surface area (Å²) in [4.78, 5) is 14.4. The molecular weight excluding hydrogens is 212 g/mol. The molecule has 0 aromatic carbocycles. The number of rotatable bonds is 6. The zero-order valence-electron chi connectivity index (χ0n) is 11.7. The van der Waals surface area contributed by atoms with Crippen LogP contribution < -0.4 is 5.32 Å². The maximum absolute atomic E-state index is 12.3. The molecule has 0 aromatic heterocycles. The Morgan fingerprint density at radius 2 is 1.94 bits per heavy atom. The fraction of sp³-hybridized carbons (Fsp3) is 0.929. The molecule has 0 saturated heterocycles. The van der Waals surface area contributed by atoms with Crippen molar-refractivity contribution in [2.45, 2.75) is 71.4 Å². The van der Waals surface area contributed by atoms with Crippen LogP contribution in [0.3, 0.4) is 0 Å². The highest BCUT2D eigenvalue weighted by Crippen LogP contribution is 2.22. The second kappa shape index (κ2) is 7.70. The molecule has 3 nitrogen and oxygen atoms in total. The summed E-state index contributed by atoms with van der Waals surface area (Å²) < 4.78 is 0. The maximum atomic E-state index is 12.3. The first kappa shape index (κ1) is 14.5. The highest BCUT2D eigenvalue weighted by Gasteiger charge is 2.26. The molecule has 0 aromatic rings. The molecule has 1 aliphatic carbocycles. The first-order valence-electron chi connectivity index (χ1n) is 7.24. The Labute approximate surface area is 106 Å². The van der Waals surface area contributed by atoms with Crippen LogP contribution in [0.4, 0.5) is 0 Å². The van der Waals surface area contributed by atoms with Crippen molar-refractivity contribution in [2.75, 3.05) is 13.1 Å². The van der Waals surface area contributed by atoms with Crippen molar-refractivity contribution in [2.24, 2.45) is 0 Å². The van der Waals surface area contributed by atoms with E-state index in [2.05, 4.69) is 24.1 Å². The van der Waals surface area contributed by atoms with Gasteiger partial charge in [0.25, 0.3) is 0 Å². The van der Waals surface area contributed by atoms with E-state index in [1.54, 1.807) is 0 Å². The monoisotopic (exact) mass is 240 g/mol. The minimum atomic E-state index is -0.0307. The van der Waals surface area contributed by atoms with Gasteiger partial charge in [0.15, 0.2) is 0 Å². The Bertz CT molecular complexity index is 224. The van der Waals surface area contributed by atoms with Gasteiger partial charge in [-0.05, 0) is 39.7 Å². The summed E-state index contributed by atoms with van der Waals surface area (Å²) in [6.45, 7) is 7.99. The van der Waals surface area contributed by atoms with E-state index in [0.717, 1.165) is 19.5 Å². The molecule has 0 heterocycles. The van der Waals surface area contributed by atoms with E-state index >= 15 is 0 Å². The molecule has 1 saturated carbocycles. The SMILES string of the molecule is CCCNC(C)C(=O)N(CC)C1CCCCC1. The molecule has 1 N–H and O–H groups in total. The topological polar surface area (TPSA) is 32.3 Å². The second-order valence-corrected chi connectivity index (χ2v) is 5.09. The number of carbonyl (C=O) groups is 1. The lowest BCUT2D eigenvalue weighted by Crippen LogP contribution is -2.49. The number of hydrogen-bond donors (Lipinski definition) is 1. The fourth-order valence-corrected chi connectivity index (χ4v) is 2.68. The maximum Gasteiger partial charge on any atom is 0.239 e. The van der Waals surface area contributed by atoms with Crippen molar-refractivity contribution < 1.29 is 4.79 Å². The molecule has 1 fully saturated rings. The van der Waals surface area contributed by atoms with Gasteiger partial charge in [-0.3, -0.25) is 4.79 Å². The number of nitrogens with zero attached hydrogens (tertiary/aromatic N) is 1. The van der Waals surface area contributed by atoms with Crippen LogP contribution in [0.15, 0.2) is 0 Å². The largest absolute Gasteiger partial charge is 0.339 e. The molecule has 1 atom stereocenters. The molecule has 1 unspecified atom stereocenters. The summed E-state index contributed by atoms with van der Waals surface area (Å²) in [5, 5.41) is 3.29. The van der Waals surface area contributed by atoms with Crippen molar-refractivity contribution in [3.05, 3.63) is 0 Å². The average Bonchev–Trinajstić information content (AvgIpc) is 2.38. The van der Waals surface area contributed by atoms with Crippen LogP contribution in [0.1, 0.15) is 59.3 Å². The number of nitrogens with one attached hydrogen (secondary N) is 1. The van der Waals surface area contributed by atoms with Crippen molar-refractivity contribution in [3.8, 4) is 0 Å². The third-order valence-corrected chi connectivity index (χ3v) is 3.71. The van der Waals surface area contributed by atoms with E-state index in [1.807, 2.05) is 6.92 Å². The van der Waals surface area contributed by atoms with Crippen molar-refractivity contribution in [3.63, 3.8) is 0 Å². The van der Waals surface area contributed by atoms with Gasteiger partial charge in [0.2, 0.25) is 5.91 Å². The van der Waals surface area contributed by atoms with Gasteiger partial charge in [0.1, 0.15) is 0 Å². The molecule has 1 aliphatic rings. The van der Waals surface area contributed by atoms with E-state index < -0.39 is 0 Å². The average molecular weight is 240 g/mol. The van der Waals surface area contributed by atoms with Crippen LogP contribution >= 0.6 is 0 Å². The second-order valence-electron chi connectivity index (χ2n) is 5.09. The molecule has 0 bridgehead atoms. The van der Waals surface area contributed by atoms with Gasteiger partial charge in [-0.25, -0.2) is 0 Å². The van der Waals surface area contributed by atoms with E-state index in [-0.39, 0.29) is 11.9 Å². The van der Waals surface area contributed by atoms with Gasteiger partial charge >= 0.3 is 0 Å². The van der Waals surface area contributed by atoms with E-state index in [4.69, 9.17) is 0 Å². The third kappa shape index (κ3) is 4.30. The summed E-state index contributed by atoms with van der Waals surface area (Å²) in [6.07, 6.45) is 7.37. The number of hydrogen-bond acceptors (Lipinski definition) is 2. The summed E-state index contributed by atoms with van der Waals surface area (Å²) in [5.41, 5.74) is 0. The lowest BCUT2D eigenvalue weighted by Gasteiger charge is -2.35. The van der Waals surface area contributed by atoms with Crippen molar-refractivity contribution in [1.82, 2.24) is 10.2 Å². The minimum absolute atomic E-state index is 0.0307. The molecule has 0 spiro atoms. The van der Waals surface area contributed by atoms with Gasteiger partial charge in [-0.2, -0.15) is 0 Å². The molecule has 1 amide bonds.